The van der Waals surface area contributed by atoms with Gasteiger partial charge in [0.1, 0.15) is 0 Å². The van der Waals surface area contributed by atoms with Crippen molar-refractivity contribution < 1.29 is 18.0 Å². The Labute approximate surface area is 140 Å². The van der Waals surface area contributed by atoms with E-state index in [2.05, 4.69) is 10.0 Å². The second-order valence-corrected chi connectivity index (χ2v) is 7.24. The van der Waals surface area contributed by atoms with E-state index in [1.807, 2.05) is 0 Å². The van der Waals surface area contributed by atoms with Crippen molar-refractivity contribution in [3.8, 4) is 0 Å². The maximum Gasteiger partial charge on any atom is 0.255 e. The molecule has 2 N–H and O–H groups in total. The second kappa shape index (κ2) is 6.84. The Morgan fingerprint density at radius 1 is 1.00 bits per heavy atom. The molecule has 0 bridgehead atoms. The minimum Gasteiger partial charge on any atom is -0.322 e. The number of sulfonamides is 1. The Balaban J connectivity index is 2.20. The molecular weight excluding hydrogens is 328 g/mol. The number of nitrogens with one attached hydrogen (secondary N) is 2. The zero-order chi connectivity index (χ0) is 17.9. The fourth-order valence-corrected chi connectivity index (χ4v) is 2.77. The van der Waals surface area contributed by atoms with Gasteiger partial charge in [-0.25, -0.2) is 8.42 Å². The number of hydrogen-bond acceptors (Lipinski definition) is 4. The van der Waals surface area contributed by atoms with Crippen LogP contribution in [0.5, 0.6) is 0 Å². The summed E-state index contributed by atoms with van der Waals surface area (Å²) in [4.78, 5) is 23.7. The highest BCUT2D eigenvalue weighted by Crippen LogP contribution is 2.19. The summed E-state index contributed by atoms with van der Waals surface area (Å²) in [7, 11) is -3.38. The Kier molecular flexibility index (Phi) is 5.04. The van der Waals surface area contributed by atoms with Gasteiger partial charge in [0.2, 0.25) is 10.0 Å². The highest BCUT2D eigenvalue weighted by Gasteiger charge is 2.11. The fraction of sp³-hybridized carbons (Fsp3) is 0.176. The third-order valence-electron chi connectivity index (χ3n) is 3.31. The third kappa shape index (κ3) is 4.66. The lowest BCUT2D eigenvalue weighted by molar-refractivity contribution is 0.101. The van der Waals surface area contributed by atoms with Crippen LogP contribution in [0.1, 0.15) is 33.2 Å². The van der Waals surface area contributed by atoms with E-state index >= 15 is 0 Å². The number of carbonyl (C=O) groups is 2. The van der Waals surface area contributed by atoms with Gasteiger partial charge in [-0.3, -0.25) is 14.3 Å². The predicted molar refractivity (Wildman–Crippen MR) is 94.0 cm³/mol. The summed E-state index contributed by atoms with van der Waals surface area (Å²) in [6.07, 6.45) is 1.06. The lowest BCUT2D eigenvalue weighted by Crippen LogP contribution is -2.14. The third-order valence-corrected chi connectivity index (χ3v) is 3.90. The zero-order valence-electron chi connectivity index (χ0n) is 13.6. The SMILES string of the molecule is CC(=O)c1cccc(NC(=O)c2ccc(NS(C)(=O)=O)c(C)c2)c1. The molecule has 0 spiro atoms. The van der Waals surface area contributed by atoms with Gasteiger partial charge < -0.3 is 5.32 Å². The Hall–Kier alpha value is -2.67. The molecule has 6 nitrogen and oxygen atoms in total. The summed E-state index contributed by atoms with van der Waals surface area (Å²) in [6.45, 7) is 3.17. The Bertz CT molecular complexity index is 905. The first-order valence-corrected chi connectivity index (χ1v) is 9.05. The molecule has 0 unspecified atom stereocenters. The molecule has 0 aliphatic heterocycles. The number of amides is 1. The first-order valence-electron chi connectivity index (χ1n) is 7.16. The predicted octanol–water partition coefficient (Wildman–Crippen LogP) is 2.82. The van der Waals surface area contributed by atoms with E-state index in [9.17, 15) is 18.0 Å². The van der Waals surface area contributed by atoms with Crippen LogP contribution in [0.15, 0.2) is 42.5 Å². The number of hydrogen-bond donors (Lipinski definition) is 2. The summed E-state index contributed by atoms with van der Waals surface area (Å²) >= 11 is 0. The van der Waals surface area contributed by atoms with Crippen LogP contribution in [-0.2, 0) is 10.0 Å². The van der Waals surface area contributed by atoms with E-state index in [4.69, 9.17) is 0 Å². The van der Waals surface area contributed by atoms with Crippen molar-refractivity contribution in [2.75, 3.05) is 16.3 Å². The van der Waals surface area contributed by atoms with Gasteiger partial charge in [0.25, 0.3) is 5.91 Å². The molecule has 7 heteroatoms. The quantitative estimate of drug-likeness (QED) is 0.814. The largest absolute Gasteiger partial charge is 0.322 e. The number of aryl methyl sites for hydroxylation is 1. The highest BCUT2D eigenvalue weighted by molar-refractivity contribution is 7.92. The van der Waals surface area contributed by atoms with Crippen LogP contribution in [0.3, 0.4) is 0 Å². The average Bonchev–Trinajstić information content (AvgIpc) is 2.48. The standard InChI is InChI=1S/C17H18N2O4S/c1-11-9-14(7-8-16(11)19-24(3,22)23)17(21)18-15-6-4-5-13(10-15)12(2)20/h4-10,19H,1-3H3,(H,18,21). The van der Waals surface area contributed by atoms with Crippen LogP contribution >= 0.6 is 0 Å². The fourth-order valence-electron chi connectivity index (χ4n) is 2.14. The highest BCUT2D eigenvalue weighted by atomic mass is 32.2. The molecule has 0 radical (unpaired) electrons. The summed E-state index contributed by atoms with van der Waals surface area (Å²) < 4.78 is 25.0. The van der Waals surface area contributed by atoms with Crippen LogP contribution in [0.2, 0.25) is 0 Å². The van der Waals surface area contributed by atoms with Gasteiger partial charge in [-0.15, -0.1) is 0 Å². The number of benzene rings is 2. The molecule has 2 aromatic carbocycles. The van der Waals surface area contributed by atoms with Crippen LogP contribution in [0, 0.1) is 6.92 Å². The summed E-state index contributed by atoms with van der Waals surface area (Å²) in [5.74, 6) is -0.428. The van der Waals surface area contributed by atoms with Crippen LogP contribution in [0.4, 0.5) is 11.4 Å². The molecular formula is C17H18N2O4S. The summed E-state index contributed by atoms with van der Waals surface area (Å²) in [5.41, 5.74) is 2.47. The van der Waals surface area contributed by atoms with Gasteiger partial charge in [0, 0.05) is 16.8 Å². The molecule has 0 saturated carbocycles. The van der Waals surface area contributed by atoms with E-state index < -0.39 is 10.0 Å². The Morgan fingerprint density at radius 3 is 2.29 bits per heavy atom. The van der Waals surface area contributed by atoms with E-state index in [1.165, 1.54) is 19.1 Å². The maximum absolute atomic E-state index is 12.3. The molecule has 0 aliphatic carbocycles. The molecule has 0 fully saturated rings. The summed E-state index contributed by atoms with van der Waals surface area (Å²) in [6, 6.07) is 11.3. The smallest absolute Gasteiger partial charge is 0.255 e. The first kappa shape index (κ1) is 17.7. The first-order chi connectivity index (χ1) is 11.2. The minimum atomic E-state index is -3.38. The van der Waals surface area contributed by atoms with Crippen LogP contribution in [0.25, 0.3) is 0 Å². The van der Waals surface area contributed by atoms with Crippen LogP contribution in [-0.4, -0.2) is 26.4 Å². The van der Waals surface area contributed by atoms with Crippen molar-refractivity contribution in [1.82, 2.24) is 0 Å². The maximum atomic E-state index is 12.3. The van der Waals surface area contributed by atoms with Gasteiger partial charge in [0.05, 0.1) is 11.9 Å². The number of rotatable bonds is 5. The van der Waals surface area contributed by atoms with E-state index in [0.717, 1.165) is 6.26 Å². The van der Waals surface area contributed by atoms with Gasteiger partial charge >= 0.3 is 0 Å². The molecule has 0 saturated heterocycles. The van der Waals surface area contributed by atoms with E-state index in [0.29, 0.717) is 28.1 Å². The van der Waals surface area contributed by atoms with E-state index in [-0.39, 0.29) is 11.7 Å². The average molecular weight is 346 g/mol. The number of carbonyl (C=O) groups excluding carboxylic acids is 2. The molecule has 126 valence electrons. The molecule has 0 aliphatic rings. The van der Waals surface area contributed by atoms with Crippen molar-refractivity contribution in [3.63, 3.8) is 0 Å². The lowest BCUT2D eigenvalue weighted by Gasteiger charge is -2.10. The number of Topliss-reactive ketones (excluding diaryl/α,β-unsaturated/α-hetero) is 1. The topological polar surface area (TPSA) is 92.3 Å². The van der Waals surface area contributed by atoms with Crippen LogP contribution < -0.4 is 10.0 Å². The van der Waals surface area contributed by atoms with E-state index in [1.54, 1.807) is 37.3 Å². The van der Waals surface area contributed by atoms with Gasteiger partial charge in [0.15, 0.2) is 5.78 Å². The number of anilines is 2. The van der Waals surface area contributed by atoms with Crippen molar-refractivity contribution >= 4 is 33.1 Å². The monoisotopic (exact) mass is 346 g/mol. The molecule has 2 rings (SSSR count). The lowest BCUT2D eigenvalue weighted by atomic mass is 10.1. The normalized spacial score (nSPS) is 11.0. The molecule has 2 aromatic rings. The molecule has 0 atom stereocenters. The molecule has 0 aromatic heterocycles. The van der Waals surface area contributed by atoms with Crippen molar-refractivity contribution in [1.29, 1.82) is 0 Å². The van der Waals surface area contributed by atoms with Crippen molar-refractivity contribution in [2.45, 2.75) is 13.8 Å². The second-order valence-electron chi connectivity index (χ2n) is 5.50. The Morgan fingerprint density at radius 2 is 1.71 bits per heavy atom. The molecule has 24 heavy (non-hydrogen) atoms. The van der Waals surface area contributed by atoms with Gasteiger partial charge in [-0.2, -0.15) is 0 Å². The van der Waals surface area contributed by atoms with Crippen molar-refractivity contribution in [3.05, 3.63) is 59.2 Å². The summed E-state index contributed by atoms with van der Waals surface area (Å²) in [5, 5.41) is 2.72. The minimum absolute atomic E-state index is 0.0851. The van der Waals surface area contributed by atoms with Gasteiger partial charge in [-0.05, 0) is 49.7 Å². The van der Waals surface area contributed by atoms with Gasteiger partial charge in [-0.1, -0.05) is 12.1 Å². The zero-order valence-corrected chi connectivity index (χ0v) is 14.4. The molecule has 0 heterocycles. The molecule has 1 amide bonds. The number of ketones is 1. The van der Waals surface area contributed by atoms with Crippen molar-refractivity contribution in [2.24, 2.45) is 0 Å².